The van der Waals surface area contributed by atoms with Crippen LogP contribution in [-0.2, 0) is 7.05 Å². The monoisotopic (exact) mass is 384 g/mol. The molecule has 0 N–H and O–H groups in total. The maximum absolute atomic E-state index is 13.3. The minimum Gasteiger partial charge on any atom is -0.360 e. The van der Waals surface area contributed by atoms with Crippen LogP contribution < -0.4 is 0 Å². The lowest BCUT2D eigenvalue weighted by Crippen LogP contribution is -2.39. The Bertz CT molecular complexity index is 978. The Labute approximate surface area is 162 Å². The summed E-state index contributed by atoms with van der Waals surface area (Å²) >= 11 is 6.32. The van der Waals surface area contributed by atoms with Gasteiger partial charge in [-0.1, -0.05) is 35.0 Å². The van der Waals surface area contributed by atoms with Crippen LogP contribution >= 0.6 is 11.6 Å². The Kier molecular flexibility index (Phi) is 4.74. The molecule has 3 aromatic rings. The molecule has 4 rings (SSSR count). The number of likely N-dealkylation sites (tertiary alicyclic amines) is 1. The molecule has 0 radical (unpaired) electrons. The minimum atomic E-state index is -0.0655. The second-order valence-electron chi connectivity index (χ2n) is 6.95. The molecule has 0 saturated carbocycles. The lowest BCUT2D eigenvalue weighted by atomic mass is 9.94. The van der Waals surface area contributed by atoms with Gasteiger partial charge in [-0.3, -0.25) is 9.48 Å². The van der Waals surface area contributed by atoms with Crippen molar-refractivity contribution in [2.45, 2.75) is 25.7 Å². The van der Waals surface area contributed by atoms with Gasteiger partial charge in [0.2, 0.25) is 0 Å². The Balaban J connectivity index is 1.63. The molecular formula is C20H21ClN4O2. The van der Waals surface area contributed by atoms with Gasteiger partial charge in [0.25, 0.3) is 5.91 Å². The number of hydrogen-bond donors (Lipinski definition) is 0. The van der Waals surface area contributed by atoms with Crippen LogP contribution in [-0.4, -0.2) is 38.8 Å². The second-order valence-corrected chi connectivity index (χ2v) is 7.35. The average molecular weight is 385 g/mol. The Morgan fingerprint density at radius 2 is 2.11 bits per heavy atom. The zero-order valence-corrected chi connectivity index (χ0v) is 16.1. The first-order chi connectivity index (χ1) is 13.0. The molecule has 0 bridgehead atoms. The van der Waals surface area contributed by atoms with Crippen molar-refractivity contribution in [3.63, 3.8) is 0 Å². The molecule has 0 unspecified atom stereocenters. The number of rotatable bonds is 3. The van der Waals surface area contributed by atoms with Crippen molar-refractivity contribution in [1.29, 1.82) is 0 Å². The normalized spacial score (nSPS) is 17.3. The molecule has 1 aliphatic heterocycles. The van der Waals surface area contributed by atoms with E-state index in [0.29, 0.717) is 34.1 Å². The second kappa shape index (κ2) is 7.19. The highest BCUT2D eigenvalue weighted by molar-refractivity contribution is 6.33. The zero-order chi connectivity index (χ0) is 19.0. The van der Waals surface area contributed by atoms with E-state index < -0.39 is 0 Å². The molecule has 140 valence electrons. The molecule has 3 heterocycles. The number of carbonyl (C=O) groups excluding carboxylic acids is 1. The maximum Gasteiger partial charge on any atom is 0.259 e. The summed E-state index contributed by atoms with van der Waals surface area (Å²) in [6, 6.07) is 9.38. The van der Waals surface area contributed by atoms with Crippen molar-refractivity contribution >= 4 is 17.5 Å². The van der Waals surface area contributed by atoms with Crippen molar-refractivity contribution in [2.75, 3.05) is 13.1 Å². The largest absolute Gasteiger partial charge is 0.360 e. The van der Waals surface area contributed by atoms with Crippen LogP contribution in [0, 0.1) is 6.92 Å². The summed E-state index contributed by atoms with van der Waals surface area (Å²) < 4.78 is 7.16. The molecule has 2 aromatic heterocycles. The lowest BCUT2D eigenvalue weighted by molar-refractivity contribution is 0.0704. The molecule has 27 heavy (non-hydrogen) atoms. The van der Waals surface area contributed by atoms with Crippen LogP contribution in [0.25, 0.3) is 11.3 Å². The van der Waals surface area contributed by atoms with Crippen molar-refractivity contribution in [1.82, 2.24) is 19.8 Å². The summed E-state index contributed by atoms with van der Waals surface area (Å²) in [6.07, 6.45) is 3.91. The van der Waals surface area contributed by atoms with E-state index in [1.54, 1.807) is 17.7 Å². The van der Waals surface area contributed by atoms with Crippen molar-refractivity contribution in [3.8, 4) is 11.3 Å². The van der Waals surface area contributed by atoms with Crippen molar-refractivity contribution < 1.29 is 9.32 Å². The molecule has 0 spiro atoms. The van der Waals surface area contributed by atoms with Gasteiger partial charge in [-0.05, 0) is 31.9 Å². The van der Waals surface area contributed by atoms with Crippen LogP contribution in [0.5, 0.6) is 0 Å². The van der Waals surface area contributed by atoms with Gasteiger partial charge in [-0.2, -0.15) is 5.10 Å². The molecule has 1 atom stereocenters. The highest BCUT2D eigenvalue weighted by Crippen LogP contribution is 2.33. The van der Waals surface area contributed by atoms with Gasteiger partial charge in [0.1, 0.15) is 17.0 Å². The third-order valence-electron chi connectivity index (χ3n) is 5.07. The molecule has 7 heteroatoms. The predicted octanol–water partition coefficient (Wildman–Crippen LogP) is 4.06. The van der Waals surface area contributed by atoms with E-state index >= 15 is 0 Å². The Morgan fingerprint density at radius 3 is 2.85 bits per heavy atom. The fraction of sp³-hybridized carbons (Fsp3) is 0.350. The topological polar surface area (TPSA) is 64.2 Å². The van der Waals surface area contributed by atoms with Crippen molar-refractivity contribution in [2.24, 2.45) is 7.05 Å². The number of aromatic nitrogens is 3. The van der Waals surface area contributed by atoms with Crippen LogP contribution in [0.1, 0.15) is 40.6 Å². The first-order valence-electron chi connectivity index (χ1n) is 9.04. The fourth-order valence-corrected chi connectivity index (χ4v) is 3.90. The van der Waals surface area contributed by atoms with Gasteiger partial charge in [0, 0.05) is 37.8 Å². The van der Waals surface area contributed by atoms with Crippen LogP contribution in [0.3, 0.4) is 0 Å². The standard InChI is InChI=1S/C20H21ClN4O2/c1-13-18(19(23-27-13)15-7-3-4-8-16(15)21)20(26)25-10-5-6-14(12-25)17-9-11-24(2)22-17/h3-4,7-9,11,14H,5-6,10,12H2,1-2H3/t14-/m0/s1. The number of aryl methyl sites for hydroxylation is 2. The summed E-state index contributed by atoms with van der Waals surface area (Å²) in [5, 5.41) is 9.18. The molecular weight excluding hydrogens is 364 g/mol. The molecule has 0 aliphatic carbocycles. The third-order valence-corrected chi connectivity index (χ3v) is 5.40. The average Bonchev–Trinajstić information content (AvgIpc) is 3.27. The van der Waals surface area contributed by atoms with E-state index in [1.165, 1.54) is 0 Å². The third kappa shape index (κ3) is 3.37. The van der Waals surface area contributed by atoms with Crippen molar-refractivity contribution in [3.05, 3.63) is 58.6 Å². The summed E-state index contributed by atoms with van der Waals surface area (Å²) in [6.45, 7) is 3.12. The summed E-state index contributed by atoms with van der Waals surface area (Å²) in [5.41, 5.74) is 2.73. The SMILES string of the molecule is Cc1onc(-c2ccccc2Cl)c1C(=O)N1CCC[C@H](c2ccn(C)n2)C1. The first-order valence-corrected chi connectivity index (χ1v) is 9.42. The number of nitrogens with zero attached hydrogens (tertiary/aromatic N) is 4. The van der Waals surface area contributed by atoms with E-state index in [2.05, 4.69) is 10.3 Å². The van der Waals surface area contributed by atoms with Gasteiger partial charge in [-0.15, -0.1) is 0 Å². The molecule has 1 aliphatic rings. The summed E-state index contributed by atoms with van der Waals surface area (Å²) in [4.78, 5) is 15.2. The first kappa shape index (κ1) is 17.8. The molecule has 1 fully saturated rings. The van der Waals surface area contributed by atoms with E-state index in [4.69, 9.17) is 16.1 Å². The zero-order valence-electron chi connectivity index (χ0n) is 15.4. The predicted molar refractivity (Wildman–Crippen MR) is 103 cm³/mol. The molecule has 1 saturated heterocycles. The number of benzene rings is 1. The van der Waals surface area contributed by atoms with Gasteiger partial charge in [0.05, 0.1) is 10.7 Å². The van der Waals surface area contributed by atoms with Crippen LogP contribution in [0.2, 0.25) is 5.02 Å². The summed E-state index contributed by atoms with van der Waals surface area (Å²) in [5.74, 6) is 0.687. The number of carbonyl (C=O) groups is 1. The highest BCUT2D eigenvalue weighted by atomic mass is 35.5. The van der Waals surface area contributed by atoms with E-state index in [1.807, 2.05) is 42.4 Å². The number of halogens is 1. The van der Waals surface area contributed by atoms with Crippen LogP contribution in [0.15, 0.2) is 41.1 Å². The molecule has 1 amide bonds. The van der Waals surface area contributed by atoms with Gasteiger partial charge in [-0.25, -0.2) is 0 Å². The molecule has 6 nitrogen and oxygen atoms in total. The Morgan fingerprint density at radius 1 is 1.30 bits per heavy atom. The highest BCUT2D eigenvalue weighted by Gasteiger charge is 2.31. The number of hydrogen-bond acceptors (Lipinski definition) is 4. The number of amides is 1. The summed E-state index contributed by atoms with van der Waals surface area (Å²) in [7, 11) is 1.91. The quantitative estimate of drug-likeness (QED) is 0.683. The molecule has 1 aromatic carbocycles. The van der Waals surface area contributed by atoms with Gasteiger partial charge >= 0.3 is 0 Å². The Hall–Kier alpha value is -2.60. The van der Waals surface area contributed by atoms with E-state index in [9.17, 15) is 4.79 Å². The smallest absolute Gasteiger partial charge is 0.259 e. The minimum absolute atomic E-state index is 0.0655. The van der Waals surface area contributed by atoms with Gasteiger partial charge < -0.3 is 9.42 Å². The van der Waals surface area contributed by atoms with E-state index in [0.717, 1.165) is 25.1 Å². The van der Waals surface area contributed by atoms with Crippen LogP contribution in [0.4, 0.5) is 0 Å². The van der Waals surface area contributed by atoms with Gasteiger partial charge in [0.15, 0.2) is 0 Å². The van der Waals surface area contributed by atoms with E-state index in [-0.39, 0.29) is 11.8 Å². The fourth-order valence-electron chi connectivity index (χ4n) is 3.67. The maximum atomic E-state index is 13.3. The number of piperidine rings is 1. The lowest BCUT2D eigenvalue weighted by Gasteiger charge is -2.32.